The molecule has 2 bridgehead atoms. The highest BCUT2D eigenvalue weighted by Gasteiger charge is 2.47. The molecule has 5 aliphatic heterocycles. The van der Waals surface area contributed by atoms with Crippen LogP contribution in [0.3, 0.4) is 0 Å². The lowest BCUT2D eigenvalue weighted by Gasteiger charge is -2.33. The Morgan fingerprint density at radius 3 is 1.41 bits per heavy atom. The van der Waals surface area contributed by atoms with E-state index < -0.39 is 266 Å². The first-order chi connectivity index (χ1) is 60.9. The quantitative estimate of drug-likeness (QED) is 0.0174. The maximum atomic E-state index is 15.7. The zero-order valence-corrected chi connectivity index (χ0v) is 72.8. The summed E-state index contributed by atoms with van der Waals surface area (Å²) in [6.07, 6.45) is -5.32. The number of carbonyl (C=O) groups is 17. The normalized spacial score (nSPS) is 27.4. The lowest BCUT2D eigenvalue weighted by atomic mass is 10.0. The molecule has 3 unspecified atom stereocenters. The zero-order valence-electron chi connectivity index (χ0n) is 71.2. The Kier molecular flexibility index (Phi) is 39.0. The summed E-state index contributed by atoms with van der Waals surface area (Å²) in [7, 11) is 1.41. The van der Waals surface area contributed by atoms with Crippen molar-refractivity contribution in [1.82, 2.24) is 83.8 Å². The van der Waals surface area contributed by atoms with E-state index in [0.717, 1.165) is 18.7 Å². The Labute approximate surface area is 745 Å². The molecule has 46 heteroatoms. The van der Waals surface area contributed by atoms with E-state index >= 15 is 33.6 Å². The van der Waals surface area contributed by atoms with Crippen LogP contribution in [0.15, 0.2) is 72.8 Å². The van der Waals surface area contributed by atoms with Crippen LogP contribution in [-0.4, -0.2) is 307 Å². The van der Waals surface area contributed by atoms with E-state index in [1.165, 1.54) is 89.5 Å². The predicted octanol–water partition coefficient (Wildman–Crippen LogP) is -6.64. The van der Waals surface area contributed by atoms with Crippen molar-refractivity contribution in [3.63, 3.8) is 0 Å². The number of guanidine groups is 1. The van der Waals surface area contributed by atoms with Crippen LogP contribution in [0, 0.1) is 5.41 Å². The lowest BCUT2D eigenvalue weighted by molar-refractivity contribution is -0.163. The fourth-order valence-electron chi connectivity index (χ4n) is 15.0. The van der Waals surface area contributed by atoms with E-state index in [4.69, 9.17) is 33.1 Å². The van der Waals surface area contributed by atoms with Crippen molar-refractivity contribution >= 4 is 128 Å². The molecule has 0 aliphatic carbocycles. The van der Waals surface area contributed by atoms with Crippen molar-refractivity contribution in [2.45, 2.75) is 233 Å². The number of phenolic OH excluding ortho intramolecular Hbond substituents is 3. The van der Waals surface area contributed by atoms with Crippen molar-refractivity contribution < 1.29 is 112 Å². The first-order valence-corrected chi connectivity index (χ1v) is 44.9. The second-order valence-corrected chi connectivity index (χ2v) is 34.6. The molecule has 0 aromatic heterocycles. The van der Waals surface area contributed by atoms with Crippen molar-refractivity contribution in [3.05, 3.63) is 89.5 Å². The van der Waals surface area contributed by atoms with Gasteiger partial charge in [0.05, 0.1) is 6.61 Å². The molecule has 27 N–H and O–H groups in total. The molecule has 44 nitrogen and oxygen atoms in total. The van der Waals surface area contributed by atoms with Crippen molar-refractivity contribution in [3.8, 4) is 17.2 Å². The monoisotopic (exact) mass is 1830 g/mol. The molecular formula is C82H117N21O23S2. The summed E-state index contributed by atoms with van der Waals surface area (Å²) < 4.78 is 5.51. The number of aliphatic hydroxyl groups is 2. The van der Waals surface area contributed by atoms with Gasteiger partial charge in [-0.3, -0.25) is 82.1 Å². The molecule has 0 saturated carbocycles. The van der Waals surface area contributed by atoms with Gasteiger partial charge in [0.1, 0.15) is 102 Å². The van der Waals surface area contributed by atoms with Crippen molar-refractivity contribution in [1.29, 1.82) is 5.41 Å². The zero-order chi connectivity index (χ0) is 93.6. The highest BCUT2D eigenvalue weighted by Crippen LogP contribution is 2.29. The minimum absolute atomic E-state index is 0.00530. The number of rotatable bonds is 19. The summed E-state index contributed by atoms with van der Waals surface area (Å²) in [5.41, 5.74) is 24.5. The summed E-state index contributed by atoms with van der Waals surface area (Å²) in [5, 5.41) is 94.1. The second kappa shape index (κ2) is 49.3. The summed E-state index contributed by atoms with van der Waals surface area (Å²) in [4.78, 5) is 253. The molecule has 5 aliphatic rings. The molecule has 0 radical (unpaired) electrons. The average Bonchev–Trinajstić information content (AvgIpc) is 1.64. The highest BCUT2D eigenvalue weighted by atomic mass is 33.1. The molecule has 17 atom stereocenters. The summed E-state index contributed by atoms with van der Waals surface area (Å²) in [6.45, 7) is 2.01. The number of hydrogen-bond acceptors (Lipinski definition) is 28. The molecule has 5 heterocycles. The van der Waals surface area contributed by atoms with Crippen LogP contribution in [-0.2, 0) is 106 Å². The fourth-order valence-corrected chi connectivity index (χ4v) is 17.4. The molecule has 700 valence electrons. The number of phenols is 3. The number of ether oxygens (including phenoxy) is 1. The van der Waals surface area contributed by atoms with Crippen LogP contribution in [0.25, 0.3) is 0 Å². The molecular weight excluding hydrogens is 1710 g/mol. The van der Waals surface area contributed by atoms with Crippen molar-refractivity contribution in [2.75, 3.05) is 57.4 Å². The number of primary amides is 1. The molecule has 16 amide bonds. The van der Waals surface area contributed by atoms with Crippen LogP contribution >= 0.6 is 21.6 Å². The van der Waals surface area contributed by atoms with Crippen LogP contribution in [0.5, 0.6) is 17.2 Å². The Morgan fingerprint density at radius 1 is 0.484 bits per heavy atom. The van der Waals surface area contributed by atoms with E-state index in [2.05, 4.69) is 69.1 Å². The maximum absolute atomic E-state index is 15.7. The molecule has 8 rings (SSSR count). The Morgan fingerprint density at radius 2 is 0.906 bits per heavy atom. The van der Waals surface area contributed by atoms with Crippen LogP contribution in [0.2, 0.25) is 0 Å². The Hall–Kier alpha value is -12.1. The van der Waals surface area contributed by atoms with E-state index in [1.807, 2.05) is 0 Å². The van der Waals surface area contributed by atoms with Crippen LogP contribution in [0.4, 0.5) is 0 Å². The number of benzene rings is 3. The number of fused-ring (bicyclic) bond motifs is 8. The van der Waals surface area contributed by atoms with Gasteiger partial charge in [0.25, 0.3) is 5.91 Å². The van der Waals surface area contributed by atoms with Gasteiger partial charge in [-0.1, -0.05) is 58.0 Å². The Balaban J connectivity index is 1.24. The third-order valence-electron chi connectivity index (χ3n) is 22.1. The maximum Gasteiger partial charge on any atom is 0.331 e. The van der Waals surface area contributed by atoms with Gasteiger partial charge in [0, 0.05) is 76.0 Å². The Bertz CT molecular complexity index is 4460. The lowest BCUT2D eigenvalue weighted by Crippen LogP contribution is -2.62. The molecule has 3 aromatic rings. The number of nitrogens with zero attached hydrogens (tertiary/aromatic N) is 3. The summed E-state index contributed by atoms with van der Waals surface area (Å²) >= 11 is 0. The van der Waals surface area contributed by atoms with Crippen molar-refractivity contribution in [2.24, 2.45) is 22.9 Å². The molecule has 0 spiro atoms. The molecule has 5 saturated heterocycles. The number of unbranched alkanes of at least 4 members (excludes halogenated alkanes) is 1. The molecule has 3 aromatic carbocycles. The summed E-state index contributed by atoms with van der Waals surface area (Å²) in [5.74, 6) is -19.7. The SMILES string of the molecule is CC(N)C1NC(=O)[C@H]2CCCN2C(=O)[C@H](C)OC(=O)[C@H](CO)NC(=O)[C@@H]2CSSC[C@H](NC(=O)[C@H](Cc3ccc(O)cc3)NC(=O)[C@H](CCCNC(=N)N)NC1=O)C(=O)N[C@@H](Cc1ccc(O)cc1)C(=O)N[C@@H](CCC(N)=O)C(=O)N[C@@H](CCCCN)C(=O)N1CCC[C@@H]1C(=O)N1CCC[C@H]1C(=O)N[C@@H](Cc1ccc(O)cc1)C(=O)NCCC(O)C(=O)N[C@@H](C)C(=O)N2. The number of nitrogens with one attached hydrogen (secondary N) is 14. The van der Waals surface area contributed by atoms with Gasteiger partial charge >= 0.3 is 5.97 Å². The van der Waals surface area contributed by atoms with Gasteiger partial charge in [-0.25, -0.2) is 4.79 Å². The first kappa shape index (κ1) is 101. The number of carbonyl (C=O) groups excluding carboxylic acids is 17. The average molecular weight is 1830 g/mol. The number of amides is 16. The van der Waals surface area contributed by atoms with E-state index in [-0.39, 0.29) is 125 Å². The number of esters is 1. The number of aromatic hydroxyl groups is 3. The standard InChI is InChI=1S/C82H117N21O23S2/c1-42(84)65-77(121)92-51(11-6-31-89-82(86)87)68(112)94-56(38-47-19-25-50(107)26-20-47)71(115)99-59-41-128-127-40-58(73(117)97-57(39-104)81(125)126-44(3)78(122)101-33-7-13-61(101)75(119)100-65)98-66(110)43(2)90-76(120)63(108)29-32-88-67(111)54(36-45-15-21-48(105)22-16-45)96-74(118)60-12-8-34-102(60)80(124)62-14-9-35-103(62)79(123)53(10-4-5-30-83)93-69(113)52(27-28-64(85)109)91-70(114)55(95-72(59)116)37-46-17-23-49(106)24-18-46/h15-26,42-44,51-63,65,104-108H,4-14,27-41,83-84H2,1-3H3,(H2,85,109)(H,88,111)(H,90,120)(H,91,114)(H,92,121)(H,93,113)(H,94,112)(H,95,116)(H,96,118)(H,97,117)(H,98,110)(H,99,115)(H,100,119)(H4,86,87,89)/t42?,43-,44-,51-,52-,53-,54-,55-,56-,57-,58-,59-,60-,61+,62+,63?,65?/m0/s1. The van der Waals surface area contributed by atoms with Gasteiger partial charge in [0.2, 0.25) is 88.6 Å². The van der Waals surface area contributed by atoms with E-state index in [1.54, 1.807) is 0 Å². The van der Waals surface area contributed by atoms with Gasteiger partial charge < -0.3 is 137 Å². The number of aliphatic hydroxyl groups excluding tert-OH is 2. The van der Waals surface area contributed by atoms with Gasteiger partial charge in [0.15, 0.2) is 18.1 Å². The van der Waals surface area contributed by atoms with E-state index in [9.17, 15) is 73.5 Å². The topological polar surface area (TPSA) is 695 Å². The van der Waals surface area contributed by atoms with Gasteiger partial charge in [-0.2, -0.15) is 0 Å². The van der Waals surface area contributed by atoms with E-state index in [0.29, 0.717) is 40.0 Å². The first-order valence-electron chi connectivity index (χ1n) is 42.4. The minimum Gasteiger partial charge on any atom is -0.508 e. The van der Waals surface area contributed by atoms with Gasteiger partial charge in [-0.15, -0.1) is 0 Å². The highest BCUT2D eigenvalue weighted by molar-refractivity contribution is 8.76. The summed E-state index contributed by atoms with van der Waals surface area (Å²) in [6, 6.07) is -7.74. The number of cyclic esters (lactones) is 1. The third kappa shape index (κ3) is 30.0. The molecule has 128 heavy (non-hydrogen) atoms. The smallest absolute Gasteiger partial charge is 0.331 e. The number of nitrogens with two attached hydrogens (primary N) is 4. The second-order valence-electron chi connectivity index (χ2n) is 32.0. The largest absolute Gasteiger partial charge is 0.508 e. The third-order valence-corrected chi connectivity index (χ3v) is 24.6. The minimum atomic E-state index is -2.02. The predicted molar refractivity (Wildman–Crippen MR) is 462 cm³/mol. The van der Waals surface area contributed by atoms with Crippen LogP contribution < -0.4 is 92.1 Å². The number of hydrogen-bond donors (Lipinski definition) is 23. The fraction of sp³-hybridized carbons (Fsp3) is 0.561. The molecule has 5 fully saturated rings. The van der Waals surface area contributed by atoms with Gasteiger partial charge in [-0.05, 0) is 164 Å². The van der Waals surface area contributed by atoms with Crippen LogP contribution in [0.1, 0.15) is 127 Å².